The summed E-state index contributed by atoms with van der Waals surface area (Å²) >= 11 is 5.87. The molecule has 0 bridgehead atoms. The predicted molar refractivity (Wildman–Crippen MR) is 64.8 cm³/mol. The van der Waals surface area contributed by atoms with Gasteiger partial charge in [0, 0.05) is 30.2 Å². The molecule has 1 amide bonds. The molecule has 3 nitrogen and oxygen atoms in total. The fourth-order valence-electron chi connectivity index (χ4n) is 1.96. The lowest BCUT2D eigenvalue weighted by molar-refractivity contribution is 0.0744. The molecule has 1 N–H and O–H groups in total. The van der Waals surface area contributed by atoms with Crippen molar-refractivity contribution in [1.82, 2.24) is 10.2 Å². The van der Waals surface area contributed by atoms with E-state index in [2.05, 4.69) is 5.32 Å². The highest BCUT2D eigenvalue weighted by Crippen LogP contribution is 2.15. The van der Waals surface area contributed by atoms with Gasteiger partial charge in [-0.15, -0.1) is 0 Å². The SMILES string of the molecule is CN(C(=O)c1cccc(Cl)c1)[C@@H]1CCNC1. The largest absolute Gasteiger partial charge is 0.337 e. The third kappa shape index (κ3) is 2.36. The van der Waals surface area contributed by atoms with Crippen LogP contribution in [0.1, 0.15) is 16.8 Å². The molecule has 16 heavy (non-hydrogen) atoms. The first-order chi connectivity index (χ1) is 7.68. The van der Waals surface area contributed by atoms with Crippen LogP contribution in [0.25, 0.3) is 0 Å². The van der Waals surface area contributed by atoms with Gasteiger partial charge >= 0.3 is 0 Å². The lowest BCUT2D eigenvalue weighted by Gasteiger charge is -2.23. The number of hydrogen-bond acceptors (Lipinski definition) is 2. The first kappa shape index (κ1) is 11.4. The minimum Gasteiger partial charge on any atom is -0.337 e. The fraction of sp³-hybridized carbons (Fsp3) is 0.417. The molecule has 0 unspecified atom stereocenters. The van der Waals surface area contributed by atoms with E-state index >= 15 is 0 Å². The number of carbonyl (C=O) groups excluding carboxylic acids is 1. The molecule has 4 heteroatoms. The number of benzene rings is 1. The summed E-state index contributed by atoms with van der Waals surface area (Å²) in [6.07, 6.45) is 1.02. The molecule has 1 atom stereocenters. The van der Waals surface area contributed by atoms with E-state index in [9.17, 15) is 4.79 Å². The number of nitrogens with zero attached hydrogens (tertiary/aromatic N) is 1. The second-order valence-corrected chi connectivity index (χ2v) is 4.51. The minimum atomic E-state index is 0.0381. The van der Waals surface area contributed by atoms with Gasteiger partial charge in [-0.2, -0.15) is 0 Å². The number of carbonyl (C=O) groups is 1. The van der Waals surface area contributed by atoms with Gasteiger partial charge in [0.05, 0.1) is 0 Å². The summed E-state index contributed by atoms with van der Waals surface area (Å²) in [4.78, 5) is 13.9. The van der Waals surface area contributed by atoms with Crippen LogP contribution in [0.4, 0.5) is 0 Å². The van der Waals surface area contributed by atoms with E-state index in [1.165, 1.54) is 0 Å². The topological polar surface area (TPSA) is 32.3 Å². The van der Waals surface area contributed by atoms with E-state index < -0.39 is 0 Å². The van der Waals surface area contributed by atoms with E-state index in [0.29, 0.717) is 16.6 Å². The molecule has 1 heterocycles. The Morgan fingerprint density at radius 1 is 1.56 bits per heavy atom. The highest BCUT2D eigenvalue weighted by molar-refractivity contribution is 6.30. The van der Waals surface area contributed by atoms with Crippen molar-refractivity contribution >= 4 is 17.5 Å². The Morgan fingerprint density at radius 2 is 2.38 bits per heavy atom. The maximum absolute atomic E-state index is 12.1. The molecule has 1 aromatic carbocycles. The van der Waals surface area contributed by atoms with Crippen LogP contribution in [0.2, 0.25) is 5.02 Å². The Morgan fingerprint density at radius 3 is 3.00 bits per heavy atom. The maximum atomic E-state index is 12.1. The summed E-state index contributed by atoms with van der Waals surface area (Å²) in [7, 11) is 1.85. The van der Waals surface area contributed by atoms with Crippen LogP contribution in [-0.4, -0.2) is 37.0 Å². The Bertz CT molecular complexity index is 388. The van der Waals surface area contributed by atoms with E-state index in [-0.39, 0.29) is 5.91 Å². The van der Waals surface area contributed by atoms with Crippen LogP contribution in [-0.2, 0) is 0 Å². The molecule has 0 aromatic heterocycles. The van der Waals surface area contributed by atoms with Crippen LogP contribution in [0, 0.1) is 0 Å². The Labute approximate surface area is 100 Å². The van der Waals surface area contributed by atoms with Crippen molar-refractivity contribution < 1.29 is 4.79 Å². The number of halogens is 1. The molecule has 1 aromatic rings. The van der Waals surface area contributed by atoms with Gasteiger partial charge in [-0.05, 0) is 31.2 Å². The van der Waals surface area contributed by atoms with E-state index in [0.717, 1.165) is 19.5 Å². The quantitative estimate of drug-likeness (QED) is 0.852. The number of hydrogen-bond donors (Lipinski definition) is 1. The second kappa shape index (κ2) is 4.85. The van der Waals surface area contributed by atoms with Gasteiger partial charge in [0.1, 0.15) is 0 Å². The molecule has 0 saturated carbocycles. The molecule has 1 aliphatic heterocycles. The van der Waals surface area contributed by atoms with Gasteiger partial charge in [-0.25, -0.2) is 0 Å². The smallest absolute Gasteiger partial charge is 0.253 e. The number of amides is 1. The summed E-state index contributed by atoms with van der Waals surface area (Å²) in [5.74, 6) is 0.0381. The standard InChI is InChI=1S/C12H15ClN2O/c1-15(11-5-6-14-8-11)12(16)9-3-2-4-10(13)7-9/h2-4,7,11,14H,5-6,8H2,1H3/t11-/m1/s1. The summed E-state index contributed by atoms with van der Waals surface area (Å²) < 4.78 is 0. The monoisotopic (exact) mass is 238 g/mol. The molecule has 2 rings (SSSR count). The van der Waals surface area contributed by atoms with Crippen molar-refractivity contribution in [3.63, 3.8) is 0 Å². The van der Waals surface area contributed by atoms with Gasteiger partial charge in [-0.1, -0.05) is 17.7 Å². The summed E-state index contributed by atoms with van der Waals surface area (Å²) in [6.45, 7) is 1.86. The number of rotatable bonds is 2. The lowest BCUT2D eigenvalue weighted by atomic mass is 10.1. The molecule has 0 aliphatic carbocycles. The van der Waals surface area contributed by atoms with Crippen molar-refractivity contribution in [3.05, 3.63) is 34.9 Å². The van der Waals surface area contributed by atoms with Crippen LogP contribution >= 0.6 is 11.6 Å². The van der Waals surface area contributed by atoms with Gasteiger partial charge in [0.15, 0.2) is 0 Å². The van der Waals surface area contributed by atoms with Crippen LogP contribution in [0.15, 0.2) is 24.3 Å². The number of likely N-dealkylation sites (N-methyl/N-ethyl adjacent to an activating group) is 1. The zero-order chi connectivity index (χ0) is 11.5. The molecule has 0 radical (unpaired) electrons. The van der Waals surface area contributed by atoms with Crippen LogP contribution < -0.4 is 5.32 Å². The highest BCUT2D eigenvalue weighted by atomic mass is 35.5. The second-order valence-electron chi connectivity index (χ2n) is 4.07. The molecule has 1 saturated heterocycles. The third-order valence-electron chi connectivity index (χ3n) is 2.97. The molecule has 1 aliphatic rings. The Hall–Kier alpha value is -1.06. The van der Waals surface area contributed by atoms with Crippen LogP contribution in [0.3, 0.4) is 0 Å². The number of nitrogens with one attached hydrogen (secondary N) is 1. The molecular formula is C12H15ClN2O. The summed E-state index contributed by atoms with van der Waals surface area (Å²) in [6, 6.07) is 7.38. The van der Waals surface area contributed by atoms with Crippen molar-refractivity contribution in [2.45, 2.75) is 12.5 Å². The van der Waals surface area contributed by atoms with E-state index in [4.69, 9.17) is 11.6 Å². The first-order valence-corrected chi connectivity index (χ1v) is 5.80. The average Bonchev–Trinajstić information content (AvgIpc) is 2.80. The predicted octanol–water partition coefficient (Wildman–Crippen LogP) is 1.77. The minimum absolute atomic E-state index is 0.0381. The van der Waals surface area contributed by atoms with Crippen molar-refractivity contribution in [3.8, 4) is 0 Å². The first-order valence-electron chi connectivity index (χ1n) is 5.42. The summed E-state index contributed by atoms with van der Waals surface area (Å²) in [5.41, 5.74) is 0.655. The van der Waals surface area contributed by atoms with Gasteiger partial charge < -0.3 is 10.2 Å². The normalized spacial score (nSPS) is 19.8. The highest BCUT2D eigenvalue weighted by Gasteiger charge is 2.23. The van der Waals surface area contributed by atoms with Crippen molar-refractivity contribution in [2.24, 2.45) is 0 Å². The average molecular weight is 239 g/mol. The summed E-state index contributed by atoms with van der Waals surface area (Å²) in [5, 5.41) is 3.85. The Balaban J connectivity index is 2.12. The van der Waals surface area contributed by atoms with Crippen molar-refractivity contribution in [1.29, 1.82) is 0 Å². The molecule has 86 valence electrons. The maximum Gasteiger partial charge on any atom is 0.253 e. The fourth-order valence-corrected chi connectivity index (χ4v) is 2.15. The molecule has 0 spiro atoms. The van der Waals surface area contributed by atoms with E-state index in [1.54, 1.807) is 29.2 Å². The zero-order valence-corrected chi connectivity index (χ0v) is 10.00. The van der Waals surface area contributed by atoms with Gasteiger partial charge in [-0.3, -0.25) is 4.79 Å². The Kier molecular flexibility index (Phi) is 3.46. The van der Waals surface area contributed by atoms with Crippen LogP contribution in [0.5, 0.6) is 0 Å². The third-order valence-corrected chi connectivity index (χ3v) is 3.21. The molecule has 1 fully saturated rings. The van der Waals surface area contributed by atoms with E-state index in [1.807, 2.05) is 7.05 Å². The van der Waals surface area contributed by atoms with Crippen molar-refractivity contribution in [2.75, 3.05) is 20.1 Å². The van der Waals surface area contributed by atoms with Gasteiger partial charge in [0.25, 0.3) is 5.91 Å². The zero-order valence-electron chi connectivity index (χ0n) is 9.24. The van der Waals surface area contributed by atoms with Gasteiger partial charge in [0.2, 0.25) is 0 Å². The lowest BCUT2D eigenvalue weighted by Crippen LogP contribution is -2.38. The molecular weight excluding hydrogens is 224 g/mol.